The van der Waals surface area contributed by atoms with Gasteiger partial charge in [0.25, 0.3) is 0 Å². The highest BCUT2D eigenvalue weighted by Gasteiger charge is 2.43. The Labute approximate surface area is 190 Å². The number of carbonyl (C=O) groups excluding carboxylic acids is 2. The molecule has 33 heavy (non-hydrogen) atoms. The molecule has 3 N–H and O–H groups in total. The van der Waals surface area contributed by atoms with E-state index in [1.807, 2.05) is 37.3 Å². The van der Waals surface area contributed by atoms with Crippen molar-refractivity contribution in [3.63, 3.8) is 0 Å². The lowest BCUT2D eigenvalue weighted by Crippen LogP contribution is -2.30. The highest BCUT2D eigenvalue weighted by Crippen LogP contribution is 2.37. The maximum absolute atomic E-state index is 12.5. The number of nitrogens with one attached hydrogen (secondary N) is 2. The van der Waals surface area contributed by atoms with Crippen LogP contribution in [0.2, 0.25) is 0 Å². The van der Waals surface area contributed by atoms with Crippen LogP contribution >= 0.6 is 0 Å². The van der Waals surface area contributed by atoms with E-state index in [9.17, 15) is 14.7 Å². The summed E-state index contributed by atoms with van der Waals surface area (Å²) < 4.78 is 12.7. The zero-order valence-corrected chi connectivity index (χ0v) is 18.6. The van der Waals surface area contributed by atoms with Gasteiger partial charge in [-0.1, -0.05) is 37.3 Å². The quantitative estimate of drug-likeness (QED) is 0.453. The number of ether oxygens (including phenoxy) is 2. The number of carbonyl (C=O) groups is 2. The molecule has 1 aliphatic heterocycles. The number of rotatable bonds is 7. The molecule has 3 aromatic rings. The monoisotopic (exact) mass is 454 g/mol. The fraction of sp³-hybridized carbons (Fsp3) is 0.409. The molecule has 1 amide bonds. The molecule has 0 saturated carbocycles. The van der Waals surface area contributed by atoms with Crippen LogP contribution in [-0.4, -0.2) is 62.4 Å². The number of aliphatic hydroxyl groups excluding tert-OH is 1. The van der Waals surface area contributed by atoms with Gasteiger partial charge in [0, 0.05) is 19.9 Å². The molecular weight excluding hydrogens is 428 g/mol. The van der Waals surface area contributed by atoms with Crippen LogP contribution in [0.5, 0.6) is 0 Å². The van der Waals surface area contributed by atoms with E-state index < -0.39 is 24.4 Å². The lowest BCUT2D eigenvalue weighted by atomic mass is 10.0. The Morgan fingerprint density at radius 3 is 2.70 bits per heavy atom. The summed E-state index contributed by atoms with van der Waals surface area (Å²) in [5, 5.41) is 16.3. The minimum atomic E-state index is -0.845. The Kier molecular flexibility index (Phi) is 6.52. The third-order valence-electron chi connectivity index (χ3n) is 5.53. The summed E-state index contributed by atoms with van der Waals surface area (Å²) in [4.78, 5) is 36.9. The van der Waals surface area contributed by atoms with Crippen molar-refractivity contribution in [2.75, 3.05) is 24.3 Å². The van der Waals surface area contributed by atoms with E-state index in [1.54, 1.807) is 17.9 Å². The van der Waals surface area contributed by atoms with Gasteiger partial charge >= 0.3 is 5.97 Å². The lowest BCUT2D eigenvalue weighted by molar-refractivity contribution is -0.147. The van der Waals surface area contributed by atoms with Crippen molar-refractivity contribution in [3.05, 3.63) is 42.2 Å². The summed E-state index contributed by atoms with van der Waals surface area (Å²) in [7, 11) is 1.70. The number of fused-ring (bicyclic) bond motifs is 1. The molecule has 1 aliphatic rings. The molecule has 1 aromatic carbocycles. The molecule has 0 unspecified atom stereocenters. The highest BCUT2D eigenvalue weighted by atomic mass is 16.6. The fourth-order valence-electron chi connectivity index (χ4n) is 3.83. The Bertz CT molecular complexity index is 1150. The van der Waals surface area contributed by atoms with Gasteiger partial charge in [-0.05, 0) is 5.56 Å². The van der Waals surface area contributed by atoms with Gasteiger partial charge in [0.1, 0.15) is 18.9 Å². The van der Waals surface area contributed by atoms with Crippen LogP contribution in [0.4, 0.5) is 11.8 Å². The Morgan fingerprint density at radius 1 is 1.24 bits per heavy atom. The third kappa shape index (κ3) is 4.78. The molecule has 2 aromatic heterocycles. The zero-order chi connectivity index (χ0) is 23.5. The number of amides is 1. The second-order valence-corrected chi connectivity index (χ2v) is 7.90. The first-order valence-electron chi connectivity index (χ1n) is 10.6. The van der Waals surface area contributed by atoms with Gasteiger partial charge in [0.15, 0.2) is 17.0 Å². The van der Waals surface area contributed by atoms with Crippen molar-refractivity contribution >= 4 is 34.8 Å². The Balaban J connectivity index is 1.60. The standard InChI is InChI=1S/C22H26N6O5/c1-12-18(31)15(10-32-13(2)29)33-21(12)28-11-24-17-19(23-3)26-22(27-20(17)28)25-16(30)9-14-7-5-4-6-8-14/h4-8,11-12,15,18,21,31H,9-10H2,1-3H3,(H2,23,25,26,27,30)/t12-,15+,18-,21+/m0/s1. The number of benzene rings is 1. The molecule has 3 heterocycles. The second kappa shape index (κ2) is 9.51. The Hall–Kier alpha value is -3.57. The first-order valence-corrected chi connectivity index (χ1v) is 10.6. The van der Waals surface area contributed by atoms with E-state index in [1.165, 1.54) is 6.92 Å². The van der Waals surface area contributed by atoms with Gasteiger partial charge < -0.3 is 19.9 Å². The zero-order valence-electron chi connectivity index (χ0n) is 18.6. The smallest absolute Gasteiger partial charge is 0.302 e. The number of aromatic nitrogens is 4. The SMILES string of the molecule is CNc1nc(NC(=O)Cc2ccccc2)nc2c1ncn2[C@@H]1O[C@H](COC(C)=O)[C@@H](O)[C@@H]1C. The van der Waals surface area contributed by atoms with E-state index in [4.69, 9.17) is 9.47 Å². The topological polar surface area (TPSA) is 140 Å². The summed E-state index contributed by atoms with van der Waals surface area (Å²) in [6.07, 6.45) is -0.386. The predicted molar refractivity (Wildman–Crippen MR) is 119 cm³/mol. The number of hydrogen-bond acceptors (Lipinski definition) is 9. The van der Waals surface area contributed by atoms with Crippen LogP contribution in [0, 0.1) is 5.92 Å². The highest BCUT2D eigenvalue weighted by molar-refractivity contribution is 5.92. The van der Waals surface area contributed by atoms with Crippen LogP contribution in [0.3, 0.4) is 0 Å². The van der Waals surface area contributed by atoms with Crippen LogP contribution in [-0.2, 0) is 25.5 Å². The summed E-state index contributed by atoms with van der Waals surface area (Å²) in [6.45, 7) is 3.08. The van der Waals surface area contributed by atoms with E-state index in [2.05, 4.69) is 25.6 Å². The van der Waals surface area contributed by atoms with E-state index >= 15 is 0 Å². The minimum absolute atomic E-state index is 0.0541. The molecule has 1 fully saturated rings. The summed E-state index contributed by atoms with van der Waals surface area (Å²) in [5.74, 6) is -0.464. The van der Waals surface area contributed by atoms with Crippen LogP contribution in [0.25, 0.3) is 11.2 Å². The predicted octanol–water partition coefficient (Wildman–Crippen LogP) is 1.51. The van der Waals surface area contributed by atoms with Crippen molar-refractivity contribution in [3.8, 4) is 0 Å². The summed E-state index contributed by atoms with van der Waals surface area (Å²) in [5.41, 5.74) is 1.80. The maximum atomic E-state index is 12.5. The van der Waals surface area contributed by atoms with E-state index in [0.717, 1.165) is 5.56 Å². The van der Waals surface area contributed by atoms with Crippen molar-refractivity contribution in [1.29, 1.82) is 0 Å². The normalized spacial score (nSPS) is 22.3. The molecule has 4 rings (SSSR count). The number of nitrogens with zero attached hydrogens (tertiary/aromatic N) is 4. The molecular formula is C22H26N6O5. The molecule has 0 bridgehead atoms. The second-order valence-electron chi connectivity index (χ2n) is 7.90. The number of hydrogen-bond donors (Lipinski definition) is 3. The first kappa shape index (κ1) is 22.6. The average molecular weight is 454 g/mol. The van der Waals surface area contributed by atoms with E-state index in [-0.39, 0.29) is 30.8 Å². The molecule has 0 aliphatic carbocycles. The van der Waals surface area contributed by atoms with Crippen molar-refractivity contribution in [2.45, 2.75) is 38.7 Å². The molecule has 174 valence electrons. The molecule has 4 atom stereocenters. The Morgan fingerprint density at radius 2 is 2.00 bits per heavy atom. The summed E-state index contributed by atoms with van der Waals surface area (Å²) >= 11 is 0. The van der Waals surface area contributed by atoms with Gasteiger partial charge in [-0.2, -0.15) is 9.97 Å². The molecule has 0 spiro atoms. The summed E-state index contributed by atoms with van der Waals surface area (Å²) in [6, 6.07) is 9.37. The fourth-order valence-corrected chi connectivity index (χ4v) is 3.83. The van der Waals surface area contributed by atoms with Crippen molar-refractivity contribution in [1.82, 2.24) is 19.5 Å². The molecule has 0 radical (unpaired) electrons. The lowest BCUT2D eigenvalue weighted by Gasteiger charge is -2.18. The number of anilines is 2. The number of imidazole rings is 1. The van der Waals surface area contributed by atoms with Crippen molar-refractivity contribution < 1.29 is 24.2 Å². The van der Waals surface area contributed by atoms with E-state index in [0.29, 0.717) is 17.0 Å². The third-order valence-corrected chi connectivity index (χ3v) is 5.53. The minimum Gasteiger partial charge on any atom is -0.463 e. The van der Waals surface area contributed by atoms with Crippen LogP contribution in [0.1, 0.15) is 25.6 Å². The molecule has 11 heteroatoms. The largest absolute Gasteiger partial charge is 0.463 e. The molecule has 1 saturated heterocycles. The van der Waals surface area contributed by atoms with Gasteiger partial charge in [0.05, 0.1) is 18.9 Å². The number of aliphatic hydroxyl groups is 1. The number of esters is 1. The van der Waals surface area contributed by atoms with Gasteiger partial charge in [0.2, 0.25) is 11.9 Å². The maximum Gasteiger partial charge on any atom is 0.302 e. The van der Waals surface area contributed by atoms with Crippen LogP contribution < -0.4 is 10.6 Å². The molecule has 11 nitrogen and oxygen atoms in total. The average Bonchev–Trinajstić information content (AvgIpc) is 3.33. The van der Waals surface area contributed by atoms with Crippen molar-refractivity contribution in [2.24, 2.45) is 5.92 Å². The van der Waals surface area contributed by atoms with Gasteiger partial charge in [-0.25, -0.2) is 4.98 Å². The van der Waals surface area contributed by atoms with Gasteiger partial charge in [-0.3, -0.25) is 19.5 Å². The van der Waals surface area contributed by atoms with Gasteiger partial charge in [-0.15, -0.1) is 0 Å². The van der Waals surface area contributed by atoms with Crippen LogP contribution in [0.15, 0.2) is 36.7 Å². The first-order chi connectivity index (χ1) is 15.9.